The number of nitrogens with one attached hydrogen (secondary N) is 2. The molecule has 2 fully saturated rings. The lowest BCUT2D eigenvalue weighted by Crippen LogP contribution is -2.57. The first kappa shape index (κ1) is 20.7. The molecule has 4 rings (SSSR count). The van der Waals surface area contributed by atoms with Crippen molar-refractivity contribution in [1.29, 1.82) is 0 Å². The average molecular weight is 413 g/mol. The Balaban J connectivity index is 1.38. The quantitative estimate of drug-likeness (QED) is 0.702. The zero-order valence-electron chi connectivity index (χ0n) is 17.6. The second-order valence-electron chi connectivity index (χ2n) is 8.66. The minimum atomic E-state index is -1.01. The number of carbonyl (C=O) groups is 2. The Kier molecular flexibility index (Phi) is 6.27. The third-order valence-corrected chi connectivity index (χ3v) is 6.85. The molecule has 0 bridgehead atoms. The van der Waals surface area contributed by atoms with Crippen molar-refractivity contribution >= 4 is 22.9 Å². The van der Waals surface area contributed by atoms with Gasteiger partial charge in [-0.2, -0.15) is 0 Å². The molecule has 1 aliphatic carbocycles. The van der Waals surface area contributed by atoms with Gasteiger partial charge in [-0.25, -0.2) is 9.59 Å². The number of rotatable bonds is 5. The largest absolute Gasteiger partial charge is 0.480 e. The van der Waals surface area contributed by atoms with E-state index in [1.807, 2.05) is 37.4 Å². The Hall–Kier alpha value is -2.54. The van der Waals surface area contributed by atoms with Gasteiger partial charge in [0.25, 0.3) is 0 Å². The zero-order valence-corrected chi connectivity index (χ0v) is 17.6. The molecule has 30 heavy (non-hydrogen) atoms. The number of carboxylic acid groups (broad SMARTS) is 1. The van der Waals surface area contributed by atoms with Gasteiger partial charge in [0.15, 0.2) is 0 Å². The van der Waals surface area contributed by atoms with Gasteiger partial charge < -0.3 is 20.3 Å². The summed E-state index contributed by atoms with van der Waals surface area (Å²) in [5.41, 5.74) is 1.87. The van der Waals surface area contributed by atoms with Gasteiger partial charge in [-0.05, 0) is 24.5 Å². The maximum absolute atomic E-state index is 12.9. The maximum atomic E-state index is 12.9. The normalized spacial score (nSPS) is 20.8. The Morgan fingerprint density at radius 2 is 1.80 bits per heavy atom. The van der Waals surface area contributed by atoms with Crippen molar-refractivity contribution < 1.29 is 14.7 Å². The predicted octanol–water partition coefficient (Wildman–Crippen LogP) is 3.38. The molecule has 2 atom stereocenters. The SMILES string of the molecule is C[C@@H](c1c[nH]c2ccccc12)[C@@H](NC(=O)N1CCN(C2CCCCC2)CC1)C(=O)O. The number of urea groups is 1. The molecule has 1 saturated heterocycles. The molecule has 1 aliphatic heterocycles. The van der Waals surface area contributed by atoms with Crippen molar-refractivity contribution in [2.45, 2.75) is 57.0 Å². The number of hydrogen-bond donors (Lipinski definition) is 3. The van der Waals surface area contributed by atoms with Gasteiger partial charge in [-0.15, -0.1) is 0 Å². The number of para-hydroxylation sites is 1. The van der Waals surface area contributed by atoms with Gasteiger partial charge in [-0.1, -0.05) is 44.4 Å². The molecule has 0 radical (unpaired) electrons. The molecule has 0 spiro atoms. The number of aromatic amines is 1. The van der Waals surface area contributed by atoms with Crippen LogP contribution in [-0.2, 0) is 4.79 Å². The minimum Gasteiger partial charge on any atom is -0.480 e. The summed E-state index contributed by atoms with van der Waals surface area (Å²) in [5.74, 6) is -1.37. The number of piperazine rings is 1. The van der Waals surface area contributed by atoms with E-state index in [1.54, 1.807) is 4.90 Å². The predicted molar refractivity (Wildman–Crippen MR) is 117 cm³/mol. The summed E-state index contributed by atoms with van der Waals surface area (Å²) >= 11 is 0. The van der Waals surface area contributed by atoms with Gasteiger partial charge in [0, 0.05) is 55.2 Å². The number of amides is 2. The van der Waals surface area contributed by atoms with Gasteiger partial charge in [-0.3, -0.25) is 4.90 Å². The molecule has 2 heterocycles. The van der Waals surface area contributed by atoms with Gasteiger partial charge in [0.2, 0.25) is 0 Å². The fraction of sp³-hybridized carbons (Fsp3) is 0.565. The van der Waals surface area contributed by atoms with E-state index in [-0.39, 0.29) is 11.9 Å². The van der Waals surface area contributed by atoms with Crippen molar-refractivity contribution in [1.82, 2.24) is 20.1 Å². The number of nitrogens with zero attached hydrogens (tertiary/aromatic N) is 2. The second kappa shape index (κ2) is 9.08. The lowest BCUT2D eigenvalue weighted by molar-refractivity contribution is -0.139. The standard InChI is InChI=1S/C23H32N4O3/c1-16(19-15-24-20-10-6-5-9-18(19)20)21(22(28)29)25-23(30)27-13-11-26(12-14-27)17-7-3-2-4-8-17/h5-6,9-10,15-17,21,24H,2-4,7-8,11-14H2,1H3,(H,25,30)(H,28,29)/t16-,21+/m0/s1. The topological polar surface area (TPSA) is 88.7 Å². The Bertz CT molecular complexity index is 881. The fourth-order valence-electron chi connectivity index (χ4n) is 5.01. The van der Waals surface area contributed by atoms with Crippen molar-refractivity contribution in [3.05, 3.63) is 36.0 Å². The van der Waals surface area contributed by atoms with Crippen molar-refractivity contribution in [2.24, 2.45) is 0 Å². The summed E-state index contributed by atoms with van der Waals surface area (Å²) in [4.78, 5) is 32.3. The number of H-pyrrole nitrogens is 1. The molecule has 3 N–H and O–H groups in total. The summed E-state index contributed by atoms with van der Waals surface area (Å²) < 4.78 is 0. The van der Waals surface area contributed by atoms with Gasteiger partial charge >= 0.3 is 12.0 Å². The first-order valence-corrected chi connectivity index (χ1v) is 11.1. The van der Waals surface area contributed by atoms with Crippen LogP contribution < -0.4 is 5.32 Å². The van der Waals surface area contributed by atoms with Crippen molar-refractivity contribution in [3.8, 4) is 0 Å². The van der Waals surface area contributed by atoms with Crippen LogP contribution in [0.25, 0.3) is 10.9 Å². The van der Waals surface area contributed by atoms with Crippen molar-refractivity contribution in [3.63, 3.8) is 0 Å². The first-order valence-electron chi connectivity index (χ1n) is 11.1. The summed E-state index contributed by atoms with van der Waals surface area (Å²) in [5, 5.41) is 13.6. The third-order valence-electron chi connectivity index (χ3n) is 6.85. The van der Waals surface area contributed by atoms with Crippen LogP contribution in [-0.4, -0.2) is 70.2 Å². The van der Waals surface area contributed by atoms with Crippen molar-refractivity contribution in [2.75, 3.05) is 26.2 Å². The summed E-state index contributed by atoms with van der Waals surface area (Å²) in [6, 6.07) is 7.21. The minimum absolute atomic E-state index is 0.280. The summed E-state index contributed by atoms with van der Waals surface area (Å²) in [6.45, 7) is 4.89. The molecule has 162 valence electrons. The van der Waals surface area contributed by atoms with E-state index < -0.39 is 12.0 Å². The molecule has 1 saturated carbocycles. The molecular weight excluding hydrogens is 380 g/mol. The van der Waals surface area contributed by atoms with Crippen LogP contribution in [0.4, 0.5) is 4.79 Å². The number of aromatic nitrogens is 1. The van der Waals surface area contributed by atoms with E-state index in [0.717, 1.165) is 29.6 Å². The number of fused-ring (bicyclic) bond motifs is 1. The molecule has 7 nitrogen and oxygen atoms in total. The van der Waals surface area contributed by atoms with E-state index in [0.29, 0.717) is 19.1 Å². The van der Waals surface area contributed by atoms with Crippen LogP contribution in [0.5, 0.6) is 0 Å². The van der Waals surface area contributed by atoms with Crippen LogP contribution in [0, 0.1) is 0 Å². The highest BCUT2D eigenvalue weighted by Gasteiger charge is 2.32. The second-order valence-corrected chi connectivity index (χ2v) is 8.66. The maximum Gasteiger partial charge on any atom is 0.326 e. The summed E-state index contributed by atoms with van der Waals surface area (Å²) in [7, 11) is 0. The molecule has 2 aliphatic rings. The Morgan fingerprint density at radius 3 is 2.50 bits per heavy atom. The van der Waals surface area contributed by atoms with E-state index in [2.05, 4.69) is 15.2 Å². The Labute approximate surface area is 177 Å². The van der Waals surface area contributed by atoms with E-state index in [1.165, 1.54) is 32.1 Å². The van der Waals surface area contributed by atoms with Crippen LogP contribution in [0.3, 0.4) is 0 Å². The van der Waals surface area contributed by atoms with E-state index >= 15 is 0 Å². The molecule has 7 heteroatoms. The van der Waals surface area contributed by atoms with Crippen LogP contribution in [0.15, 0.2) is 30.5 Å². The molecule has 1 aromatic carbocycles. The van der Waals surface area contributed by atoms with Gasteiger partial charge in [0.05, 0.1) is 0 Å². The third kappa shape index (κ3) is 4.31. The lowest BCUT2D eigenvalue weighted by atomic mass is 9.93. The Morgan fingerprint density at radius 1 is 1.10 bits per heavy atom. The van der Waals surface area contributed by atoms with Crippen LogP contribution in [0.1, 0.15) is 50.5 Å². The summed E-state index contributed by atoms with van der Waals surface area (Å²) in [6.07, 6.45) is 8.31. The molecule has 1 aromatic heterocycles. The smallest absolute Gasteiger partial charge is 0.326 e. The molecular formula is C23H32N4O3. The first-order chi connectivity index (χ1) is 14.5. The average Bonchev–Trinajstić information content (AvgIpc) is 3.21. The number of carboxylic acids is 1. The van der Waals surface area contributed by atoms with E-state index in [9.17, 15) is 14.7 Å². The highest BCUT2D eigenvalue weighted by Crippen LogP contribution is 2.28. The zero-order chi connectivity index (χ0) is 21.1. The van der Waals surface area contributed by atoms with Crippen LogP contribution in [0.2, 0.25) is 0 Å². The monoisotopic (exact) mass is 412 g/mol. The van der Waals surface area contributed by atoms with Crippen LogP contribution >= 0.6 is 0 Å². The number of hydrogen-bond acceptors (Lipinski definition) is 3. The number of carbonyl (C=O) groups excluding carboxylic acids is 1. The lowest BCUT2D eigenvalue weighted by Gasteiger charge is -2.41. The molecule has 0 unspecified atom stereocenters. The highest BCUT2D eigenvalue weighted by molar-refractivity contribution is 5.87. The number of benzene rings is 1. The van der Waals surface area contributed by atoms with E-state index in [4.69, 9.17) is 0 Å². The highest BCUT2D eigenvalue weighted by atomic mass is 16.4. The molecule has 2 aromatic rings. The fourth-order valence-corrected chi connectivity index (χ4v) is 5.01. The molecule has 2 amide bonds. The number of aliphatic carboxylic acids is 1. The van der Waals surface area contributed by atoms with Gasteiger partial charge in [0.1, 0.15) is 6.04 Å².